The summed E-state index contributed by atoms with van der Waals surface area (Å²) in [5.74, 6) is 2.22. The fourth-order valence-electron chi connectivity index (χ4n) is 1.37. The third-order valence-electron chi connectivity index (χ3n) is 1.94. The molecular formula is C11H10BrN3. The molecule has 0 radical (unpaired) electrons. The Hall–Kier alpha value is -1.29. The van der Waals surface area contributed by atoms with Crippen LogP contribution in [0.3, 0.4) is 0 Å². The monoisotopic (exact) mass is 263 g/mol. The van der Waals surface area contributed by atoms with Crippen LogP contribution in [0.5, 0.6) is 0 Å². The van der Waals surface area contributed by atoms with Crippen LogP contribution in [0, 0.1) is 13.8 Å². The number of nitrogens with zero attached hydrogens (tertiary/aromatic N) is 3. The fraction of sp³-hybridized carbons (Fsp3) is 0.182. The smallest absolute Gasteiger partial charge is 0.163 e. The van der Waals surface area contributed by atoms with Gasteiger partial charge in [0.15, 0.2) is 5.82 Å². The molecule has 0 N–H and O–H groups in total. The molecule has 0 aliphatic heterocycles. The molecule has 2 rings (SSSR count). The van der Waals surface area contributed by atoms with Crippen LogP contribution in [0.15, 0.2) is 28.7 Å². The van der Waals surface area contributed by atoms with Gasteiger partial charge in [0.25, 0.3) is 0 Å². The normalized spacial score (nSPS) is 10.3. The van der Waals surface area contributed by atoms with Crippen molar-refractivity contribution in [1.29, 1.82) is 0 Å². The van der Waals surface area contributed by atoms with Crippen LogP contribution >= 0.6 is 15.9 Å². The summed E-state index contributed by atoms with van der Waals surface area (Å²) in [6.07, 6.45) is 0. The van der Waals surface area contributed by atoms with Gasteiger partial charge in [0, 0.05) is 10.0 Å². The van der Waals surface area contributed by atoms with Crippen molar-refractivity contribution >= 4 is 15.9 Å². The summed E-state index contributed by atoms with van der Waals surface area (Å²) in [5.41, 5.74) is 0.998. The van der Waals surface area contributed by atoms with Crippen molar-refractivity contribution in [3.05, 3.63) is 40.4 Å². The second kappa shape index (κ2) is 4.06. The van der Waals surface area contributed by atoms with E-state index in [9.17, 15) is 0 Å². The van der Waals surface area contributed by atoms with Crippen molar-refractivity contribution in [2.24, 2.45) is 0 Å². The second-order valence-corrected chi connectivity index (χ2v) is 4.18. The summed E-state index contributed by atoms with van der Waals surface area (Å²) in [6.45, 7) is 3.74. The molecule has 0 aliphatic carbocycles. The minimum Gasteiger partial charge on any atom is -0.219 e. The maximum absolute atomic E-state index is 4.30. The molecule has 2 aromatic rings. The van der Waals surface area contributed by atoms with E-state index in [0.717, 1.165) is 27.5 Å². The fourth-order valence-corrected chi connectivity index (χ4v) is 1.77. The molecule has 15 heavy (non-hydrogen) atoms. The Labute approximate surface area is 96.7 Å². The molecule has 0 atom stereocenters. The SMILES string of the molecule is Cc1nc(C)nc(-c2cccc(Br)c2)n1. The van der Waals surface area contributed by atoms with Crippen molar-refractivity contribution in [2.45, 2.75) is 13.8 Å². The molecule has 0 saturated heterocycles. The van der Waals surface area contributed by atoms with E-state index in [-0.39, 0.29) is 0 Å². The van der Waals surface area contributed by atoms with Gasteiger partial charge in [0.2, 0.25) is 0 Å². The van der Waals surface area contributed by atoms with Gasteiger partial charge in [-0.25, -0.2) is 15.0 Å². The number of hydrogen-bond acceptors (Lipinski definition) is 3. The largest absolute Gasteiger partial charge is 0.219 e. The highest BCUT2D eigenvalue weighted by atomic mass is 79.9. The molecule has 0 aliphatic rings. The van der Waals surface area contributed by atoms with Gasteiger partial charge in [-0.3, -0.25) is 0 Å². The van der Waals surface area contributed by atoms with Crippen molar-refractivity contribution < 1.29 is 0 Å². The summed E-state index contributed by atoms with van der Waals surface area (Å²) in [6, 6.07) is 7.92. The first-order valence-electron chi connectivity index (χ1n) is 4.60. The van der Waals surface area contributed by atoms with Crippen LogP contribution in [0.2, 0.25) is 0 Å². The highest BCUT2D eigenvalue weighted by Gasteiger charge is 2.03. The Balaban J connectivity index is 2.54. The average molecular weight is 264 g/mol. The van der Waals surface area contributed by atoms with Gasteiger partial charge in [-0.05, 0) is 26.0 Å². The Morgan fingerprint density at radius 3 is 2.27 bits per heavy atom. The van der Waals surface area contributed by atoms with Crippen molar-refractivity contribution in [2.75, 3.05) is 0 Å². The van der Waals surface area contributed by atoms with E-state index < -0.39 is 0 Å². The average Bonchev–Trinajstić information content (AvgIpc) is 2.16. The van der Waals surface area contributed by atoms with Crippen LogP contribution in [-0.2, 0) is 0 Å². The van der Waals surface area contributed by atoms with Gasteiger partial charge in [0.05, 0.1) is 0 Å². The molecule has 3 nitrogen and oxygen atoms in total. The number of rotatable bonds is 1. The molecule has 0 fully saturated rings. The number of aromatic nitrogens is 3. The molecule has 76 valence electrons. The third kappa shape index (κ3) is 2.39. The third-order valence-corrected chi connectivity index (χ3v) is 2.44. The zero-order chi connectivity index (χ0) is 10.8. The van der Waals surface area contributed by atoms with E-state index in [1.165, 1.54) is 0 Å². The number of hydrogen-bond donors (Lipinski definition) is 0. The van der Waals surface area contributed by atoms with E-state index in [1.54, 1.807) is 0 Å². The minimum absolute atomic E-state index is 0.723. The zero-order valence-electron chi connectivity index (χ0n) is 8.53. The van der Waals surface area contributed by atoms with E-state index in [1.807, 2.05) is 38.1 Å². The van der Waals surface area contributed by atoms with Gasteiger partial charge in [-0.2, -0.15) is 0 Å². The molecular weight excluding hydrogens is 254 g/mol. The molecule has 0 bridgehead atoms. The van der Waals surface area contributed by atoms with Crippen molar-refractivity contribution in [3.63, 3.8) is 0 Å². The maximum atomic E-state index is 4.30. The van der Waals surface area contributed by atoms with Gasteiger partial charge in [0.1, 0.15) is 11.6 Å². The number of aryl methyl sites for hydroxylation is 2. The van der Waals surface area contributed by atoms with Crippen LogP contribution in [0.4, 0.5) is 0 Å². The Kier molecular flexibility index (Phi) is 2.77. The van der Waals surface area contributed by atoms with Crippen LogP contribution in [0.25, 0.3) is 11.4 Å². The predicted octanol–water partition coefficient (Wildman–Crippen LogP) is 2.92. The molecule has 0 saturated carbocycles. The molecule has 0 spiro atoms. The summed E-state index contributed by atoms with van der Waals surface area (Å²) in [4.78, 5) is 12.8. The lowest BCUT2D eigenvalue weighted by Crippen LogP contribution is -1.98. The molecule has 1 aromatic carbocycles. The van der Waals surface area contributed by atoms with Gasteiger partial charge in [-0.1, -0.05) is 28.1 Å². The molecule has 0 amide bonds. The van der Waals surface area contributed by atoms with Crippen LogP contribution < -0.4 is 0 Å². The van der Waals surface area contributed by atoms with E-state index in [4.69, 9.17) is 0 Å². The van der Waals surface area contributed by atoms with Gasteiger partial charge >= 0.3 is 0 Å². The van der Waals surface area contributed by atoms with E-state index in [2.05, 4.69) is 30.9 Å². The quantitative estimate of drug-likeness (QED) is 0.794. The lowest BCUT2D eigenvalue weighted by Gasteiger charge is -2.02. The summed E-state index contributed by atoms with van der Waals surface area (Å²) >= 11 is 3.43. The number of benzene rings is 1. The molecule has 4 heteroatoms. The summed E-state index contributed by atoms with van der Waals surface area (Å²) in [7, 11) is 0. The molecule has 0 unspecified atom stereocenters. The molecule has 1 heterocycles. The van der Waals surface area contributed by atoms with Crippen molar-refractivity contribution in [1.82, 2.24) is 15.0 Å². The Bertz CT molecular complexity index is 477. The highest BCUT2D eigenvalue weighted by Crippen LogP contribution is 2.19. The first-order chi connectivity index (χ1) is 7.15. The first-order valence-corrected chi connectivity index (χ1v) is 5.39. The Morgan fingerprint density at radius 1 is 1.00 bits per heavy atom. The zero-order valence-corrected chi connectivity index (χ0v) is 10.1. The maximum Gasteiger partial charge on any atom is 0.163 e. The Morgan fingerprint density at radius 2 is 1.67 bits per heavy atom. The van der Waals surface area contributed by atoms with Crippen LogP contribution in [0.1, 0.15) is 11.6 Å². The van der Waals surface area contributed by atoms with Crippen LogP contribution in [-0.4, -0.2) is 15.0 Å². The first kappa shape index (κ1) is 10.2. The second-order valence-electron chi connectivity index (χ2n) is 3.26. The molecule has 1 aromatic heterocycles. The van der Waals surface area contributed by atoms with Crippen molar-refractivity contribution in [3.8, 4) is 11.4 Å². The van der Waals surface area contributed by atoms with Gasteiger partial charge < -0.3 is 0 Å². The number of halogens is 1. The van der Waals surface area contributed by atoms with E-state index in [0.29, 0.717) is 0 Å². The minimum atomic E-state index is 0.723. The highest BCUT2D eigenvalue weighted by molar-refractivity contribution is 9.10. The van der Waals surface area contributed by atoms with E-state index >= 15 is 0 Å². The summed E-state index contributed by atoms with van der Waals surface area (Å²) < 4.78 is 1.02. The lowest BCUT2D eigenvalue weighted by molar-refractivity contribution is 0.928. The van der Waals surface area contributed by atoms with Gasteiger partial charge in [-0.15, -0.1) is 0 Å². The lowest BCUT2D eigenvalue weighted by atomic mass is 10.2. The predicted molar refractivity (Wildman–Crippen MR) is 62.4 cm³/mol. The standard InChI is InChI=1S/C11H10BrN3/c1-7-13-8(2)15-11(14-7)9-4-3-5-10(12)6-9/h3-6H,1-2H3. The topological polar surface area (TPSA) is 38.7 Å². The summed E-state index contributed by atoms with van der Waals surface area (Å²) in [5, 5.41) is 0.